The second-order valence-corrected chi connectivity index (χ2v) is 7.97. The van der Waals surface area contributed by atoms with E-state index in [1.165, 1.54) is 0 Å². The van der Waals surface area contributed by atoms with E-state index in [1.807, 2.05) is 53.4 Å². The first-order chi connectivity index (χ1) is 15.6. The van der Waals surface area contributed by atoms with Gasteiger partial charge in [-0.3, -0.25) is 19.5 Å². The van der Waals surface area contributed by atoms with Crippen molar-refractivity contribution in [2.75, 3.05) is 39.4 Å². The zero-order chi connectivity index (χ0) is 22.8. The SMILES string of the molecule is O=C(CCc1ccccn1)N1CC[C@](O)(c2ccccc2)[C@H](N2CCOCC2)C1.O=CO. The summed E-state index contributed by atoms with van der Waals surface area (Å²) < 4.78 is 5.52. The first-order valence-corrected chi connectivity index (χ1v) is 10.9. The highest BCUT2D eigenvalue weighted by Gasteiger charge is 2.46. The lowest BCUT2D eigenvalue weighted by molar-refractivity contribution is -0.147. The van der Waals surface area contributed by atoms with Gasteiger partial charge in [0.2, 0.25) is 5.91 Å². The minimum absolute atomic E-state index is 0.129. The molecule has 0 spiro atoms. The van der Waals surface area contributed by atoms with E-state index >= 15 is 0 Å². The Morgan fingerprint density at radius 2 is 1.81 bits per heavy atom. The van der Waals surface area contributed by atoms with Gasteiger partial charge in [0.25, 0.3) is 6.47 Å². The zero-order valence-corrected chi connectivity index (χ0v) is 18.2. The monoisotopic (exact) mass is 441 g/mol. The molecule has 2 aromatic rings. The lowest BCUT2D eigenvalue weighted by atomic mass is 9.79. The number of ether oxygens (including phenoxy) is 1. The van der Waals surface area contributed by atoms with Gasteiger partial charge in [-0.25, -0.2) is 0 Å². The molecule has 0 unspecified atom stereocenters. The molecule has 0 aliphatic carbocycles. The van der Waals surface area contributed by atoms with Crippen LogP contribution in [0, 0.1) is 0 Å². The van der Waals surface area contributed by atoms with Crippen molar-refractivity contribution in [3.8, 4) is 0 Å². The van der Waals surface area contributed by atoms with E-state index in [0.29, 0.717) is 45.6 Å². The van der Waals surface area contributed by atoms with Crippen molar-refractivity contribution in [3.63, 3.8) is 0 Å². The van der Waals surface area contributed by atoms with Gasteiger partial charge in [-0.1, -0.05) is 36.4 Å². The van der Waals surface area contributed by atoms with Gasteiger partial charge in [-0.15, -0.1) is 0 Å². The van der Waals surface area contributed by atoms with E-state index < -0.39 is 5.60 Å². The fourth-order valence-electron chi connectivity index (χ4n) is 4.46. The van der Waals surface area contributed by atoms with Crippen molar-refractivity contribution in [1.82, 2.24) is 14.8 Å². The maximum absolute atomic E-state index is 12.9. The van der Waals surface area contributed by atoms with Gasteiger partial charge < -0.3 is 19.8 Å². The number of aliphatic hydroxyl groups is 1. The highest BCUT2D eigenvalue weighted by molar-refractivity contribution is 5.76. The molecule has 32 heavy (non-hydrogen) atoms. The van der Waals surface area contributed by atoms with Crippen molar-refractivity contribution in [3.05, 3.63) is 66.0 Å². The lowest BCUT2D eigenvalue weighted by Gasteiger charge is -2.50. The predicted octanol–water partition coefficient (Wildman–Crippen LogP) is 1.54. The van der Waals surface area contributed by atoms with Crippen LogP contribution in [0.1, 0.15) is 24.1 Å². The summed E-state index contributed by atoms with van der Waals surface area (Å²) in [6.45, 7) is 3.72. The summed E-state index contributed by atoms with van der Waals surface area (Å²) >= 11 is 0. The number of likely N-dealkylation sites (tertiary alicyclic amines) is 1. The van der Waals surface area contributed by atoms with Crippen LogP contribution >= 0.6 is 0 Å². The maximum atomic E-state index is 12.9. The van der Waals surface area contributed by atoms with Gasteiger partial charge in [0.15, 0.2) is 0 Å². The normalized spacial score (nSPS) is 23.7. The highest BCUT2D eigenvalue weighted by atomic mass is 16.5. The predicted molar refractivity (Wildman–Crippen MR) is 119 cm³/mol. The van der Waals surface area contributed by atoms with E-state index in [4.69, 9.17) is 14.6 Å². The molecule has 2 saturated heterocycles. The molecule has 1 aromatic heterocycles. The molecule has 8 nitrogen and oxygen atoms in total. The number of morpholine rings is 1. The zero-order valence-electron chi connectivity index (χ0n) is 18.2. The number of benzene rings is 1. The molecule has 2 aliphatic rings. The van der Waals surface area contributed by atoms with Crippen LogP contribution in [0.2, 0.25) is 0 Å². The largest absolute Gasteiger partial charge is 0.483 e. The van der Waals surface area contributed by atoms with Gasteiger partial charge in [0, 0.05) is 44.5 Å². The van der Waals surface area contributed by atoms with Crippen molar-refractivity contribution in [2.24, 2.45) is 0 Å². The Labute approximate surface area is 188 Å². The fourth-order valence-corrected chi connectivity index (χ4v) is 4.46. The Balaban J connectivity index is 0.000000913. The van der Waals surface area contributed by atoms with Crippen LogP contribution in [-0.4, -0.2) is 82.8 Å². The topological polar surface area (TPSA) is 103 Å². The fraction of sp³-hybridized carbons (Fsp3) is 0.458. The number of carbonyl (C=O) groups excluding carboxylic acids is 1. The molecular weight excluding hydrogens is 410 g/mol. The summed E-state index contributed by atoms with van der Waals surface area (Å²) in [7, 11) is 0. The first-order valence-electron chi connectivity index (χ1n) is 10.9. The molecule has 172 valence electrons. The third-order valence-corrected chi connectivity index (χ3v) is 6.14. The number of pyridine rings is 1. The van der Waals surface area contributed by atoms with Gasteiger partial charge in [-0.2, -0.15) is 0 Å². The number of carbonyl (C=O) groups is 2. The Hall–Kier alpha value is -2.81. The molecule has 2 aliphatic heterocycles. The van der Waals surface area contributed by atoms with Crippen LogP contribution in [0.5, 0.6) is 0 Å². The van der Waals surface area contributed by atoms with Crippen LogP contribution < -0.4 is 0 Å². The Morgan fingerprint density at radius 1 is 1.12 bits per heavy atom. The van der Waals surface area contributed by atoms with E-state index in [1.54, 1.807) is 6.20 Å². The van der Waals surface area contributed by atoms with Crippen LogP contribution in [-0.2, 0) is 26.3 Å². The molecule has 1 amide bonds. The second kappa shape index (κ2) is 11.7. The Kier molecular flexibility index (Phi) is 8.72. The maximum Gasteiger partial charge on any atom is 0.290 e. The number of hydrogen-bond acceptors (Lipinski definition) is 6. The lowest BCUT2D eigenvalue weighted by Crippen LogP contribution is -2.63. The number of rotatable bonds is 5. The summed E-state index contributed by atoms with van der Waals surface area (Å²) in [5.41, 5.74) is 0.900. The molecule has 2 fully saturated rings. The van der Waals surface area contributed by atoms with Gasteiger partial charge in [0.05, 0.1) is 19.3 Å². The number of amides is 1. The van der Waals surface area contributed by atoms with Gasteiger partial charge >= 0.3 is 0 Å². The average molecular weight is 442 g/mol. The summed E-state index contributed by atoms with van der Waals surface area (Å²) in [5.74, 6) is 0.129. The quantitative estimate of drug-likeness (QED) is 0.679. The molecule has 2 N–H and O–H groups in total. The number of carboxylic acid groups (broad SMARTS) is 1. The van der Waals surface area contributed by atoms with Crippen LogP contribution in [0.4, 0.5) is 0 Å². The number of aromatic nitrogens is 1. The van der Waals surface area contributed by atoms with Gasteiger partial charge in [0.1, 0.15) is 5.60 Å². The van der Waals surface area contributed by atoms with Crippen LogP contribution in [0.15, 0.2) is 54.7 Å². The molecule has 8 heteroatoms. The van der Waals surface area contributed by atoms with E-state index in [0.717, 1.165) is 24.3 Å². The number of nitrogens with zero attached hydrogens (tertiary/aromatic N) is 3. The minimum Gasteiger partial charge on any atom is -0.483 e. The molecule has 4 rings (SSSR count). The summed E-state index contributed by atoms with van der Waals surface area (Å²) in [4.78, 5) is 29.8. The molecule has 0 saturated carbocycles. The summed E-state index contributed by atoms with van der Waals surface area (Å²) in [5, 5.41) is 18.6. The number of hydrogen-bond donors (Lipinski definition) is 2. The van der Waals surface area contributed by atoms with Crippen molar-refractivity contribution in [1.29, 1.82) is 0 Å². The smallest absolute Gasteiger partial charge is 0.290 e. The van der Waals surface area contributed by atoms with Crippen molar-refractivity contribution >= 4 is 12.4 Å². The van der Waals surface area contributed by atoms with E-state index in [9.17, 15) is 9.90 Å². The molecule has 1 aromatic carbocycles. The molecule has 2 atom stereocenters. The average Bonchev–Trinajstić information content (AvgIpc) is 2.85. The third kappa shape index (κ3) is 5.91. The van der Waals surface area contributed by atoms with Gasteiger partial charge in [-0.05, 0) is 30.5 Å². The summed E-state index contributed by atoms with van der Waals surface area (Å²) in [6, 6.07) is 15.5. The van der Waals surface area contributed by atoms with Crippen LogP contribution in [0.25, 0.3) is 0 Å². The highest BCUT2D eigenvalue weighted by Crippen LogP contribution is 2.36. The van der Waals surface area contributed by atoms with Crippen molar-refractivity contribution < 1.29 is 24.5 Å². The number of piperidine rings is 1. The second-order valence-electron chi connectivity index (χ2n) is 7.97. The third-order valence-electron chi connectivity index (χ3n) is 6.14. The molecule has 3 heterocycles. The molecule has 0 radical (unpaired) electrons. The number of aryl methyl sites for hydroxylation is 1. The van der Waals surface area contributed by atoms with Crippen LogP contribution in [0.3, 0.4) is 0 Å². The van der Waals surface area contributed by atoms with E-state index in [2.05, 4.69) is 9.88 Å². The Bertz CT molecular complexity index is 845. The Morgan fingerprint density at radius 3 is 2.47 bits per heavy atom. The molecule has 0 bridgehead atoms. The summed E-state index contributed by atoms with van der Waals surface area (Å²) in [6.07, 6.45) is 3.38. The first kappa shape index (κ1) is 23.8. The minimum atomic E-state index is -0.962. The van der Waals surface area contributed by atoms with E-state index in [-0.39, 0.29) is 18.4 Å². The van der Waals surface area contributed by atoms with Crippen molar-refractivity contribution in [2.45, 2.75) is 30.9 Å². The molecular formula is C24H31N3O5. The standard InChI is InChI=1S/C23H29N3O3.CH2O2/c27-22(10-9-20-8-4-5-12-24-20)26-13-11-23(28,19-6-2-1-3-7-19)21(18-26)25-14-16-29-17-15-25;2-1-3/h1-8,12,21,28H,9-11,13-18H2;1H,(H,2,3)/t21-,23+;/m1./s1.